The molecule has 0 saturated carbocycles. The number of anilines is 1. The van der Waals surface area contributed by atoms with Crippen LogP contribution in [0.25, 0.3) is 0 Å². The van der Waals surface area contributed by atoms with Crippen molar-refractivity contribution >= 4 is 39.2 Å². The highest BCUT2D eigenvalue weighted by molar-refractivity contribution is 7.89. The molecule has 26 heavy (non-hydrogen) atoms. The predicted octanol–water partition coefficient (Wildman–Crippen LogP) is 1.58. The van der Waals surface area contributed by atoms with E-state index < -0.39 is 34.5 Å². The fraction of sp³-hybridized carbons (Fsp3) is 0.188. The van der Waals surface area contributed by atoms with Crippen molar-refractivity contribution < 1.29 is 22.7 Å². The Balaban J connectivity index is 1.87. The molecule has 0 aliphatic rings. The molecular formula is C16H16ClN3O5S. The maximum Gasteiger partial charge on any atom is 0.321 e. The molecule has 1 amide bonds. The standard InChI is InChI=1S/C16H16ClN3O5S/c1-11(16(22)20-13-8-5-9-18-15(13)17)25-14(21)10-19-26(23,24)12-6-3-2-4-7-12/h2-9,11,19H,10H2,1H3,(H,20,22)/t11-/m0/s1. The van der Waals surface area contributed by atoms with Crippen molar-refractivity contribution in [3.8, 4) is 0 Å². The normalized spacial score (nSPS) is 12.2. The Labute approximate surface area is 155 Å². The zero-order chi connectivity index (χ0) is 19.2. The molecule has 0 fully saturated rings. The number of nitrogens with one attached hydrogen (secondary N) is 2. The molecule has 0 bridgehead atoms. The minimum Gasteiger partial charge on any atom is -0.452 e. The topological polar surface area (TPSA) is 114 Å². The second kappa shape index (κ2) is 8.75. The van der Waals surface area contributed by atoms with Gasteiger partial charge in [-0.15, -0.1) is 0 Å². The van der Waals surface area contributed by atoms with Crippen molar-refractivity contribution in [2.24, 2.45) is 0 Å². The van der Waals surface area contributed by atoms with Crippen LogP contribution in [0.2, 0.25) is 5.15 Å². The number of amides is 1. The summed E-state index contributed by atoms with van der Waals surface area (Å²) < 4.78 is 31.1. The number of aromatic nitrogens is 1. The summed E-state index contributed by atoms with van der Waals surface area (Å²) in [5, 5.41) is 2.56. The number of benzene rings is 1. The van der Waals surface area contributed by atoms with Crippen molar-refractivity contribution in [1.82, 2.24) is 9.71 Å². The molecule has 0 unspecified atom stereocenters. The maximum absolute atomic E-state index is 12.0. The fourth-order valence-corrected chi connectivity index (χ4v) is 3.00. The lowest BCUT2D eigenvalue weighted by molar-refractivity contribution is -0.151. The van der Waals surface area contributed by atoms with E-state index in [1.165, 1.54) is 31.3 Å². The minimum atomic E-state index is -3.84. The van der Waals surface area contributed by atoms with Gasteiger partial charge < -0.3 is 10.1 Å². The van der Waals surface area contributed by atoms with E-state index in [2.05, 4.69) is 15.0 Å². The summed E-state index contributed by atoms with van der Waals surface area (Å²) in [6, 6.07) is 10.7. The molecule has 2 N–H and O–H groups in total. The maximum atomic E-state index is 12.0. The average molecular weight is 398 g/mol. The summed E-state index contributed by atoms with van der Waals surface area (Å²) in [7, 11) is -3.84. The van der Waals surface area contributed by atoms with Gasteiger partial charge in [0, 0.05) is 6.20 Å². The van der Waals surface area contributed by atoms with Crippen molar-refractivity contribution in [1.29, 1.82) is 0 Å². The molecule has 2 aromatic rings. The first-order chi connectivity index (χ1) is 12.3. The Hall–Kier alpha value is -2.49. The number of rotatable bonds is 7. The van der Waals surface area contributed by atoms with Crippen LogP contribution in [0.5, 0.6) is 0 Å². The van der Waals surface area contributed by atoms with Crippen molar-refractivity contribution in [3.05, 3.63) is 53.8 Å². The van der Waals surface area contributed by atoms with E-state index in [1.807, 2.05) is 0 Å². The van der Waals surface area contributed by atoms with Gasteiger partial charge in [-0.3, -0.25) is 9.59 Å². The van der Waals surface area contributed by atoms with Crippen LogP contribution < -0.4 is 10.0 Å². The van der Waals surface area contributed by atoms with Gasteiger partial charge in [-0.1, -0.05) is 29.8 Å². The number of hydrogen-bond donors (Lipinski definition) is 2. The van der Waals surface area contributed by atoms with E-state index in [1.54, 1.807) is 24.3 Å². The zero-order valence-corrected chi connectivity index (χ0v) is 15.3. The van der Waals surface area contributed by atoms with Crippen LogP contribution in [0.1, 0.15) is 6.92 Å². The largest absolute Gasteiger partial charge is 0.452 e. The number of pyridine rings is 1. The Morgan fingerprint density at radius 2 is 1.88 bits per heavy atom. The highest BCUT2D eigenvalue weighted by atomic mass is 35.5. The molecule has 0 aliphatic carbocycles. The Morgan fingerprint density at radius 3 is 2.54 bits per heavy atom. The first-order valence-corrected chi connectivity index (χ1v) is 9.31. The monoisotopic (exact) mass is 397 g/mol. The lowest BCUT2D eigenvalue weighted by Crippen LogP contribution is -2.35. The average Bonchev–Trinajstić information content (AvgIpc) is 2.62. The van der Waals surface area contributed by atoms with Gasteiger partial charge in [0.05, 0.1) is 10.6 Å². The van der Waals surface area contributed by atoms with Gasteiger partial charge in [0.25, 0.3) is 5.91 Å². The number of nitrogens with zero attached hydrogens (tertiary/aromatic N) is 1. The number of carbonyl (C=O) groups is 2. The molecule has 1 aromatic carbocycles. The third kappa shape index (κ3) is 5.51. The van der Waals surface area contributed by atoms with Gasteiger partial charge in [-0.2, -0.15) is 4.72 Å². The van der Waals surface area contributed by atoms with E-state index in [4.69, 9.17) is 16.3 Å². The number of ether oxygens (including phenoxy) is 1. The molecule has 1 atom stereocenters. The second-order valence-electron chi connectivity index (χ2n) is 5.10. The predicted molar refractivity (Wildman–Crippen MR) is 95.1 cm³/mol. The third-order valence-electron chi connectivity index (χ3n) is 3.15. The second-order valence-corrected chi connectivity index (χ2v) is 7.23. The summed E-state index contributed by atoms with van der Waals surface area (Å²) in [5.74, 6) is -1.52. The number of esters is 1. The van der Waals surface area contributed by atoms with Gasteiger partial charge >= 0.3 is 5.97 Å². The van der Waals surface area contributed by atoms with Gasteiger partial charge in [0.1, 0.15) is 6.54 Å². The quantitative estimate of drug-likeness (QED) is 0.541. The Morgan fingerprint density at radius 1 is 1.19 bits per heavy atom. The first-order valence-electron chi connectivity index (χ1n) is 7.45. The molecule has 1 heterocycles. The number of hydrogen-bond acceptors (Lipinski definition) is 6. The number of halogens is 1. The summed E-state index contributed by atoms with van der Waals surface area (Å²) in [4.78, 5) is 27.6. The minimum absolute atomic E-state index is 0.0183. The van der Waals surface area contributed by atoms with Crippen LogP contribution in [0, 0.1) is 0 Å². The Bertz CT molecular complexity index is 890. The molecule has 1 aromatic heterocycles. The van der Waals surface area contributed by atoms with Crippen LogP contribution in [-0.4, -0.2) is 37.9 Å². The summed E-state index contributed by atoms with van der Waals surface area (Å²) in [5.41, 5.74) is 0.270. The van der Waals surface area contributed by atoms with Crippen LogP contribution in [0.3, 0.4) is 0 Å². The van der Waals surface area contributed by atoms with Crippen molar-refractivity contribution in [3.63, 3.8) is 0 Å². The van der Waals surface area contributed by atoms with Crippen LogP contribution >= 0.6 is 11.6 Å². The molecule has 2 rings (SSSR count). The number of carbonyl (C=O) groups excluding carboxylic acids is 2. The third-order valence-corrected chi connectivity index (χ3v) is 4.87. The van der Waals surface area contributed by atoms with E-state index in [0.29, 0.717) is 0 Å². The smallest absolute Gasteiger partial charge is 0.321 e. The molecule has 138 valence electrons. The molecular weight excluding hydrogens is 382 g/mol. The highest BCUT2D eigenvalue weighted by Crippen LogP contribution is 2.17. The van der Waals surface area contributed by atoms with E-state index >= 15 is 0 Å². The van der Waals surface area contributed by atoms with Crippen LogP contribution in [0.4, 0.5) is 5.69 Å². The lowest BCUT2D eigenvalue weighted by Gasteiger charge is -2.14. The Kier molecular flexibility index (Phi) is 6.67. The molecule has 10 heteroatoms. The first kappa shape index (κ1) is 19.8. The van der Waals surface area contributed by atoms with Gasteiger partial charge in [0.2, 0.25) is 10.0 Å². The highest BCUT2D eigenvalue weighted by Gasteiger charge is 2.21. The van der Waals surface area contributed by atoms with Gasteiger partial charge in [-0.25, -0.2) is 13.4 Å². The number of sulfonamides is 1. The van der Waals surface area contributed by atoms with Crippen molar-refractivity contribution in [2.75, 3.05) is 11.9 Å². The van der Waals surface area contributed by atoms with E-state index in [0.717, 1.165) is 0 Å². The van der Waals surface area contributed by atoms with Gasteiger partial charge in [0.15, 0.2) is 11.3 Å². The molecule has 0 aliphatic heterocycles. The van der Waals surface area contributed by atoms with E-state index in [9.17, 15) is 18.0 Å². The molecule has 0 radical (unpaired) electrons. The summed E-state index contributed by atoms with van der Waals surface area (Å²) in [6.07, 6.45) is 0.306. The summed E-state index contributed by atoms with van der Waals surface area (Å²) >= 11 is 5.83. The molecule has 0 spiro atoms. The van der Waals surface area contributed by atoms with Crippen molar-refractivity contribution in [2.45, 2.75) is 17.9 Å². The molecule has 0 saturated heterocycles. The zero-order valence-electron chi connectivity index (χ0n) is 13.7. The van der Waals surface area contributed by atoms with E-state index in [-0.39, 0.29) is 15.7 Å². The summed E-state index contributed by atoms with van der Waals surface area (Å²) in [6.45, 7) is 0.742. The molecule has 8 nitrogen and oxygen atoms in total. The van der Waals surface area contributed by atoms with Crippen LogP contribution in [0.15, 0.2) is 53.6 Å². The van der Waals surface area contributed by atoms with Gasteiger partial charge in [-0.05, 0) is 31.2 Å². The SMILES string of the molecule is C[C@H](OC(=O)CNS(=O)(=O)c1ccccc1)C(=O)Nc1cccnc1Cl. The van der Waals surface area contributed by atoms with Crippen LogP contribution in [-0.2, 0) is 24.3 Å². The fourth-order valence-electron chi connectivity index (χ4n) is 1.84. The lowest BCUT2D eigenvalue weighted by atomic mass is 10.3.